The molecule has 1 aromatic carbocycles. The Labute approximate surface area is 147 Å². The van der Waals surface area contributed by atoms with Crippen molar-refractivity contribution < 1.29 is 15.0 Å². The Morgan fingerprint density at radius 1 is 1.24 bits per heavy atom. The first-order valence-corrected chi connectivity index (χ1v) is 8.43. The van der Waals surface area contributed by atoms with Gasteiger partial charge in [-0.3, -0.25) is 9.88 Å². The summed E-state index contributed by atoms with van der Waals surface area (Å²) in [6.45, 7) is 3.86. The number of hydrogen-bond donors (Lipinski definition) is 2. The van der Waals surface area contributed by atoms with E-state index in [0.717, 1.165) is 48.5 Å². The Morgan fingerprint density at radius 2 is 1.96 bits per heavy atom. The van der Waals surface area contributed by atoms with Gasteiger partial charge in [-0.05, 0) is 18.2 Å². The molecule has 1 aromatic heterocycles. The number of aliphatic hydroxyl groups excluding tert-OH is 1. The Kier molecular flexibility index (Phi) is 5.06. The summed E-state index contributed by atoms with van der Waals surface area (Å²) in [7, 11) is 3.92. The molecule has 2 heterocycles. The number of fused-ring (bicyclic) bond motifs is 1. The van der Waals surface area contributed by atoms with Gasteiger partial charge >= 0.3 is 5.97 Å². The van der Waals surface area contributed by atoms with Gasteiger partial charge in [0.05, 0.1) is 17.8 Å². The number of aromatic carboxylic acids is 1. The maximum absolute atomic E-state index is 11.8. The molecule has 1 aliphatic heterocycles. The van der Waals surface area contributed by atoms with Crippen LogP contribution in [0.15, 0.2) is 24.4 Å². The minimum absolute atomic E-state index is 0.144. The van der Waals surface area contributed by atoms with Crippen molar-refractivity contribution in [2.45, 2.75) is 0 Å². The zero-order valence-corrected chi connectivity index (χ0v) is 14.6. The molecule has 2 aromatic rings. The highest BCUT2D eigenvalue weighted by molar-refractivity contribution is 6.05. The molecule has 0 radical (unpaired) electrons. The number of hydrogen-bond acceptors (Lipinski definition) is 6. The third-order valence-electron chi connectivity index (χ3n) is 4.67. The van der Waals surface area contributed by atoms with Crippen molar-refractivity contribution >= 4 is 28.2 Å². The SMILES string of the molecule is CN(C)c1ccc2ncc(C(=O)O)c(N3CCN(CCO)CC3)c2c1. The number of nitrogens with zero attached hydrogens (tertiary/aromatic N) is 4. The summed E-state index contributed by atoms with van der Waals surface area (Å²) in [4.78, 5) is 22.4. The second kappa shape index (κ2) is 7.25. The van der Waals surface area contributed by atoms with E-state index in [2.05, 4.69) is 14.8 Å². The number of aliphatic hydroxyl groups is 1. The average molecular weight is 344 g/mol. The van der Waals surface area contributed by atoms with Crippen molar-refractivity contribution in [2.75, 3.05) is 63.2 Å². The summed E-state index contributed by atoms with van der Waals surface area (Å²) in [5.41, 5.74) is 2.78. The van der Waals surface area contributed by atoms with E-state index in [1.54, 1.807) is 0 Å². The van der Waals surface area contributed by atoms with Gasteiger partial charge in [-0.2, -0.15) is 0 Å². The Hall–Kier alpha value is -2.38. The van der Waals surface area contributed by atoms with E-state index < -0.39 is 5.97 Å². The predicted molar refractivity (Wildman–Crippen MR) is 98.8 cm³/mol. The highest BCUT2D eigenvalue weighted by atomic mass is 16.4. The van der Waals surface area contributed by atoms with E-state index in [-0.39, 0.29) is 12.2 Å². The van der Waals surface area contributed by atoms with E-state index in [1.807, 2.05) is 37.2 Å². The quantitative estimate of drug-likeness (QED) is 0.841. The highest BCUT2D eigenvalue weighted by Crippen LogP contribution is 2.33. The van der Waals surface area contributed by atoms with Crippen LogP contribution in [0.5, 0.6) is 0 Å². The van der Waals surface area contributed by atoms with Crippen molar-refractivity contribution in [3.8, 4) is 0 Å². The largest absolute Gasteiger partial charge is 0.478 e. The normalized spacial score (nSPS) is 15.6. The number of benzene rings is 1. The van der Waals surface area contributed by atoms with Crippen molar-refractivity contribution in [2.24, 2.45) is 0 Å². The van der Waals surface area contributed by atoms with Crippen LogP contribution >= 0.6 is 0 Å². The first-order chi connectivity index (χ1) is 12.0. The maximum atomic E-state index is 11.8. The Bertz CT molecular complexity index is 770. The molecular formula is C18H24N4O3. The summed E-state index contributed by atoms with van der Waals surface area (Å²) in [6, 6.07) is 5.92. The van der Waals surface area contributed by atoms with Gasteiger partial charge in [0.1, 0.15) is 5.56 Å². The van der Waals surface area contributed by atoms with Gasteiger partial charge in [-0.15, -0.1) is 0 Å². The topological polar surface area (TPSA) is 80.1 Å². The molecule has 1 saturated heterocycles. The molecular weight excluding hydrogens is 320 g/mol. The summed E-state index contributed by atoms with van der Waals surface area (Å²) < 4.78 is 0. The van der Waals surface area contributed by atoms with E-state index in [0.29, 0.717) is 6.54 Å². The Balaban J connectivity index is 2.05. The summed E-state index contributed by atoms with van der Waals surface area (Å²) in [6.07, 6.45) is 1.45. The number of β-amino-alcohol motifs (C(OH)–C–C–N with tert-alkyl or cyclic N) is 1. The molecule has 2 N–H and O–H groups in total. The number of carboxylic acids is 1. The lowest BCUT2D eigenvalue weighted by molar-refractivity contribution is 0.0697. The number of anilines is 2. The minimum Gasteiger partial charge on any atom is -0.478 e. The fourth-order valence-electron chi connectivity index (χ4n) is 3.28. The van der Waals surface area contributed by atoms with Crippen LogP contribution < -0.4 is 9.80 Å². The second-order valence-electron chi connectivity index (χ2n) is 6.47. The maximum Gasteiger partial charge on any atom is 0.339 e. The van der Waals surface area contributed by atoms with Crippen molar-refractivity contribution in [3.63, 3.8) is 0 Å². The predicted octanol–water partition coefficient (Wildman–Crippen LogP) is 1.11. The first kappa shape index (κ1) is 17.4. The number of carbonyl (C=O) groups is 1. The van der Waals surface area contributed by atoms with Crippen LogP contribution in [0.2, 0.25) is 0 Å². The fraction of sp³-hybridized carbons (Fsp3) is 0.444. The average Bonchev–Trinajstić information content (AvgIpc) is 2.61. The van der Waals surface area contributed by atoms with Gasteiger partial charge in [-0.1, -0.05) is 0 Å². The zero-order chi connectivity index (χ0) is 18.0. The molecule has 0 aliphatic carbocycles. The smallest absolute Gasteiger partial charge is 0.339 e. The van der Waals surface area contributed by atoms with Crippen molar-refractivity contribution in [3.05, 3.63) is 30.0 Å². The van der Waals surface area contributed by atoms with Gasteiger partial charge in [0.15, 0.2) is 0 Å². The summed E-state index contributed by atoms with van der Waals surface area (Å²) in [5.74, 6) is -0.961. The van der Waals surface area contributed by atoms with Crippen LogP contribution in [0, 0.1) is 0 Å². The van der Waals surface area contributed by atoms with Gasteiger partial charge in [0.2, 0.25) is 0 Å². The molecule has 25 heavy (non-hydrogen) atoms. The Morgan fingerprint density at radius 3 is 2.56 bits per heavy atom. The minimum atomic E-state index is -0.961. The number of pyridine rings is 1. The van der Waals surface area contributed by atoms with E-state index in [1.165, 1.54) is 6.20 Å². The molecule has 7 nitrogen and oxygen atoms in total. The van der Waals surface area contributed by atoms with Crippen LogP contribution in [0.3, 0.4) is 0 Å². The van der Waals surface area contributed by atoms with Gasteiger partial charge in [0.25, 0.3) is 0 Å². The molecule has 1 fully saturated rings. The van der Waals surface area contributed by atoms with Crippen molar-refractivity contribution in [1.29, 1.82) is 0 Å². The molecule has 0 saturated carbocycles. The van der Waals surface area contributed by atoms with Gasteiger partial charge in [0, 0.05) is 64.1 Å². The first-order valence-electron chi connectivity index (χ1n) is 8.43. The third kappa shape index (κ3) is 3.52. The molecule has 0 amide bonds. The van der Waals surface area contributed by atoms with Crippen LogP contribution in [0.4, 0.5) is 11.4 Å². The standard InChI is InChI=1S/C18H24N4O3/c1-20(2)13-3-4-16-14(11-13)17(15(12-19-16)18(24)25)22-7-5-21(6-8-22)9-10-23/h3-4,11-12,23H,5-10H2,1-2H3,(H,24,25). The van der Waals surface area contributed by atoms with E-state index in [4.69, 9.17) is 5.11 Å². The van der Waals surface area contributed by atoms with Crippen molar-refractivity contribution in [1.82, 2.24) is 9.88 Å². The van der Waals surface area contributed by atoms with Crippen LogP contribution in [0.25, 0.3) is 10.9 Å². The van der Waals surface area contributed by atoms with Gasteiger partial charge in [-0.25, -0.2) is 4.79 Å². The van der Waals surface area contributed by atoms with Crippen LogP contribution in [0.1, 0.15) is 10.4 Å². The van der Waals surface area contributed by atoms with E-state index in [9.17, 15) is 9.90 Å². The molecule has 0 bridgehead atoms. The van der Waals surface area contributed by atoms with Crippen LogP contribution in [-0.4, -0.2) is 79.5 Å². The fourth-order valence-corrected chi connectivity index (χ4v) is 3.28. The van der Waals surface area contributed by atoms with E-state index >= 15 is 0 Å². The van der Waals surface area contributed by atoms with Crippen LogP contribution in [-0.2, 0) is 0 Å². The number of piperazine rings is 1. The molecule has 134 valence electrons. The van der Waals surface area contributed by atoms with Gasteiger partial charge < -0.3 is 20.0 Å². The molecule has 0 atom stereocenters. The molecule has 3 rings (SSSR count). The molecule has 0 unspecified atom stereocenters. The lowest BCUT2D eigenvalue weighted by Crippen LogP contribution is -2.47. The zero-order valence-electron chi connectivity index (χ0n) is 14.6. The highest BCUT2D eigenvalue weighted by Gasteiger charge is 2.24. The molecule has 0 spiro atoms. The monoisotopic (exact) mass is 344 g/mol. The molecule has 1 aliphatic rings. The lowest BCUT2D eigenvalue weighted by atomic mass is 10.1. The number of rotatable bonds is 5. The molecule has 7 heteroatoms. The second-order valence-corrected chi connectivity index (χ2v) is 6.47. The summed E-state index contributed by atoms with van der Waals surface area (Å²) in [5, 5.41) is 19.6. The number of carboxylic acid groups (broad SMARTS) is 1. The third-order valence-corrected chi connectivity index (χ3v) is 4.67. The lowest BCUT2D eigenvalue weighted by Gasteiger charge is -2.36. The summed E-state index contributed by atoms with van der Waals surface area (Å²) >= 11 is 0. The number of aromatic nitrogens is 1.